The minimum Gasteiger partial charge on any atom is -0.495 e. The zero-order chi connectivity index (χ0) is 21.5. The second-order valence-corrected chi connectivity index (χ2v) is 5.18. The zero-order valence-electron chi connectivity index (χ0n) is 16.1. The Bertz CT molecular complexity index is 855. The second-order valence-electron chi connectivity index (χ2n) is 5.18. The number of ether oxygens (including phenoxy) is 1. The van der Waals surface area contributed by atoms with Gasteiger partial charge in [-0.05, 0) is 49.2 Å². The number of hydrogen-bond donors (Lipinski definition) is 2. The third kappa shape index (κ3) is 7.14. The molecule has 2 rings (SSSR count). The summed E-state index contributed by atoms with van der Waals surface area (Å²) in [6, 6.07) is 12.2. The zero-order valence-corrected chi connectivity index (χ0v) is 16.1. The summed E-state index contributed by atoms with van der Waals surface area (Å²) in [5.41, 5.74) is 3.86. The minimum atomic E-state index is -0.361. The highest BCUT2D eigenvalue weighted by atomic mass is 16.5. The van der Waals surface area contributed by atoms with E-state index in [0.717, 1.165) is 11.1 Å². The number of amides is 2. The minimum absolute atomic E-state index is 0.361. The lowest BCUT2D eigenvalue weighted by atomic mass is 10.1. The maximum Gasteiger partial charge on any atom is 0.323 e. The van der Waals surface area contributed by atoms with Crippen LogP contribution in [-0.2, 0) is 9.59 Å². The molecule has 0 atom stereocenters. The van der Waals surface area contributed by atoms with Crippen LogP contribution in [0.5, 0.6) is 5.75 Å². The van der Waals surface area contributed by atoms with E-state index >= 15 is 0 Å². The Hall–Kier alpha value is -3.92. The van der Waals surface area contributed by atoms with Gasteiger partial charge in [0.2, 0.25) is 0 Å². The Morgan fingerprint density at radius 2 is 1.64 bits per heavy atom. The lowest BCUT2D eigenvalue weighted by Gasteiger charge is -2.11. The fourth-order valence-corrected chi connectivity index (χ4v) is 2.27. The van der Waals surface area contributed by atoms with Crippen LogP contribution in [0.25, 0.3) is 6.08 Å². The number of carbonyl (C=O) groups excluding carboxylic acids is 3. The normalized spacial score (nSPS) is 9.07. The predicted octanol–water partition coefficient (Wildman–Crippen LogP) is 4.18. The monoisotopic (exact) mass is 381 g/mol. The van der Waals surface area contributed by atoms with Crippen LogP contribution < -0.4 is 15.4 Å². The molecule has 7 nitrogen and oxygen atoms in total. The summed E-state index contributed by atoms with van der Waals surface area (Å²) in [5, 5.41) is 14.5. The van der Waals surface area contributed by atoms with Crippen molar-refractivity contribution in [2.75, 3.05) is 17.7 Å². The van der Waals surface area contributed by atoms with Gasteiger partial charge in [0.25, 0.3) is 0 Å². The Morgan fingerprint density at radius 3 is 2.14 bits per heavy atom. The number of urea groups is 1. The molecule has 0 heterocycles. The average Bonchev–Trinajstić information content (AvgIpc) is 2.73. The van der Waals surface area contributed by atoms with Crippen LogP contribution in [0.1, 0.15) is 23.6 Å². The summed E-state index contributed by atoms with van der Waals surface area (Å²) in [6.07, 6.45) is 3.99. The number of allylic oxidation sites excluding steroid dienone is 1. The molecule has 0 radical (unpaired) electrons. The van der Waals surface area contributed by atoms with Gasteiger partial charge in [-0.2, -0.15) is 5.26 Å². The molecule has 2 aromatic carbocycles. The Balaban J connectivity index is 0.00000171. The Kier molecular flexibility index (Phi) is 11.4. The van der Waals surface area contributed by atoms with Gasteiger partial charge >= 0.3 is 6.03 Å². The number of nitrogens with one attached hydrogen (secondary N) is 2. The average molecular weight is 381 g/mol. The van der Waals surface area contributed by atoms with Gasteiger partial charge in [-0.15, -0.1) is 0 Å². The van der Waals surface area contributed by atoms with Crippen molar-refractivity contribution in [2.24, 2.45) is 0 Å². The summed E-state index contributed by atoms with van der Waals surface area (Å²) in [4.78, 5) is 28.1. The summed E-state index contributed by atoms with van der Waals surface area (Å²) < 4.78 is 5.13. The molecule has 2 amide bonds. The molecule has 0 aliphatic carbocycles. The van der Waals surface area contributed by atoms with Crippen LogP contribution in [0.15, 0.2) is 42.5 Å². The van der Waals surface area contributed by atoms with Crippen molar-refractivity contribution in [3.05, 3.63) is 59.2 Å². The molecule has 0 aliphatic rings. The Morgan fingerprint density at radius 1 is 1.07 bits per heavy atom. The van der Waals surface area contributed by atoms with Crippen LogP contribution in [-0.4, -0.2) is 26.7 Å². The SMILES string of the molecule is C/C=C\c1ccc(NC(=O)Nc2ccc(C#N)c(OC)c2)cc1C.C=O.C=O. The highest BCUT2D eigenvalue weighted by molar-refractivity contribution is 6.00. The number of carbonyl (C=O) groups is 3. The standard InChI is InChI=1S/C19H19N3O2.2CH2O/c1-4-5-14-6-8-16(10-13(14)2)21-19(23)22-17-9-7-15(12-20)18(11-17)24-3;2*1-2/h4-11H,1-3H3,(H2,21,22,23);2*1H2/b5-4-;;. The van der Waals surface area contributed by atoms with Crippen molar-refractivity contribution in [3.63, 3.8) is 0 Å². The molecule has 0 spiro atoms. The van der Waals surface area contributed by atoms with Crippen molar-refractivity contribution >= 4 is 37.1 Å². The van der Waals surface area contributed by atoms with E-state index in [-0.39, 0.29) is 6.03 Å². The van der Waals surface area contributed by atoms with Crippen LogP contribution in [0.4, 0.5) is 16.2 Å². The lowest BCUT2D eigenvalue weighted by Crippen LogP contribution is -2.19. The highest BCUT2D eigenvalue weighted by Crippen LogP contribution is 2.23. The first-order chi connectivity index (χ1) is 13.6. The topological polar surface area (TPSA) is 108 Å². The summed E-state index contributed by atoms with van der Waals surface area (Å²) in [5.74, 6) is 0.418. The van der Waals surface area contributed by atoms with Crippen molar-refractivity contribution in [3.8, 4) is 11.8 Å². The molecule has 2 N–H and O–H groups in total. The van der Waals surface area contributed by atoms with Crippen molar-refractivity contribution in [1.82, 2.24) is 0 Å². The van der Waals surface area contributed by atoms with E-state index in [1.165, 1.54) is 7.11 Å². The van der Waals surface area contributed by atoms with Crippen molar-refractivity contribution < 1.29 is 19.1 Å². The van der Waals surface area contributed by atoms with E-state index in [2.05, 4.69) is 10.6 Å². The third-order valence-electron chi connectivity index (χ3n) is 3.45. The van der Waals surface area contributed by atoms with Gasteiger partial charge in [-0.3, -0.25) is 0 Å². The number of rotatable bonds is 4. The molecule has 0 saturated heterocycles. The predicted molar refractivity (Wildman–Crippen MR) is 110 cm³/mol. The third-order valence-corrected chi connectivity index (χ3v) is 3.45. The molecule has 7 heteroatoms. The van der Waals surface area contributed by atoms with E-state index in [1.807, 2.05) is 63.8 Å². The van der Waals surface area contributed by atoms with E-state index in [0.29, 0.717) is 22.7 Å². The van der Waals surface area contributed by atoms with Crippen LogP contribution in [0.2, 0.25) is 0 Å². The van der Waals surface area contributed by atoms with Gasteiger partial charge in [-0.1, -0.05) is 18.2 Å². The van der Waals surface area contributed by atoms with Crippen LogP contribution in [0.3, 0.4) is 0 Å². The molecule has 146 valence electrons. The van der Waals surface area contributed by atoms with Gasteiger partial charge < -0.3 is 25.0 Å². The number of nitriles is 1. The summed E-state index contributed by atoms with van der Waals surface area (Å²) in [7, 11) is 1.48. The fraction of sp³-hybridized carbons (Fsp3) is 0.143. The number of methoxy groups -OCH3 is 1. The quantitative estimate of drug-likeness (QED) is 0.826. The van der Waals surface area contributed by atoms with Gasteiger partial charge in [0, 0.05) is 17.4 Å². The molecule has 0 bridgehead atoms. The molecular weight excluding hydrogens is 358 g/mol. The van der Waals surface area contributed by atoms with Crippen molar-refractivity contribution in [1.29, 1.82) is 5.26 Å². The molecule has 28 heavy (non-hydrogen) atoms. The van der Waals surface area contributed by atoms with Crippen LogP contribution in [0, 0.1) is 18.3 Å². The molecule has 0 aliphatic heterocycles. The smallest absolute Gasteiger partial charge is 0.323 e. The van der Waals surface area contributed by atoms with E-state index < -0.39 is 0 Å². The molecule has 0 fully saturated rings. The van der Waals surface area contributed by atoms with Crippen molar-refractivity contribution in [2.45, 2.75) is 13.8 Å². The maximum atomic E-state index is 12.1. The highest BCUT2D eigenvalue weighted by Gasteiger charge is 2.07. The number of aryl methyl sites for hydroxylation is 1. The molecule has 0 saturated carbocycles. The molecule has 0 unspecified atom stereocenters. The van der Waals surface area contributed by atoms with Crippen LogP contribution >= 0.6 is 0 Å². The first kappa shape index (κ1) is 24.1. The fourth-order valence-electron chi connectivity index (χ4n) is 2.27. The summed E-state index contributed by atoms with van der Waals surface area (Å²) in [6.45, 7) is 7.95. The number of benzene rings is 2. The second kappa shape index (κ2) is 13.3. The van der Waals surface area contributed by atoms with Gasteiger partial charge in [0.05, 0.1) is 12.7 Å². The van der Waals surface area contributed by atoms with E-state index in [9.17, 15) is 4.79 Å². The molecule has 2 aromatic rings. The lowest BCUT2D eigenvalue weighted by molar-refractivity contribution is -0.0987. The summed E-state index contributed by atoms with van der Waals surface area (Å²) >= 11 is 0. The Labute approximate surface area is 164 Å². The largest absolute Gasteiger partial charge is 0.495 e. The maximum absolute atomic E-state index is 12.1. The first-order valence-electron chi connectivity index (χ1n) is 8.04. The first-order valence-corrected chi connectivity index (χ1v) is 8.04. The van der Waals surface area contributed by atoms with E-state index in [4.69, 9.17) is 19.6 Å². The van der Waals surface area contributed by atoms with Gasteiger partial charge in [0.15, 0.2) is 0 Å². The van der Waals surface area contributed by atoms with E-state index in [1.54, 1.807) is 18.2 Å². The number of nitrogens with zero attached hydrogens (tertiary/aromatic N) is 1. The number of hydrogen-bond acceptors (Lipinski definition) is 5. The van der Waals surface area contributed by atoms with Gasteiger partial charge in [-0.25, -0.2) is 4.79 Å². The molecule has 0 aromatic heterocycles. The van der Waals surface area contributed by atoms with Gasteiger partial charge in [0.1, 0.15) is 25.4 Å². The molecular formula is C21H23N3O4. The number of anilines is 2.